The third-order valence-corrected chi connectivity index (χ3v) is 2.73. The first-order valence-electron chi connectivity index (χ1n) is 5.18. The van der Waals surface area contributed by atoms with E-state index in [-0.39, 0.29) is 0 Å². The number of hydrogen-bond donors (Lipinski definition) is 0. The van der Waals surface area contributed by atoms with Crippen molar-refractivity contribution in [2.45, 2.75) is 13.8 Å². The highest BCUT2D eigenvalue weighted by Crippen LogP contribution is 2.26. The summed E-state index contributed by atoms with van der Waals surface area (Å²) in [4.78, 5) is 10.9. The summed E-state index contributed by atoms with van der Waals surface area (Å²) in [7, 11) is 1.85. The largest absolute Gasteiger partial charge is 0.298 e. The number of rotatable bonds is 2. The standard InChI is InChI=1S/C13H14N2O/c1-9-4-5-12(10(2)6-9)13-11(8-16)7-14-15(13)3/h4-8H,1-3H3. The fourth-order valence-electron chi connectivity index (χ4n) is 1.95. The zero-order valence-electron chi connectivity index (χ0n) is 9.69. The second-order valence-electron chi connectivity index (χ2n) is 4.01. The number of aldehydes is 1. The second kappa shape index (κ2) is 3.93. The van der Waals surface area contributed by atoms with Gasteiger partial charge in [0.05, 0.1) is 17.5 Å². The predicted molar refractivity (Wildman–Crippen MR) is 63.5 cm³/mol. The molecule has 0 amide bonds. The van der Waals surface area contributed by atoms with E-state index in [9.17, 15) is 4.79 Å². The van der Waals surface area contributed by atoms with Gasteiger partial charge in [-0.2, -0.15) is 5.10 Å². The fourth-order valence-corrected chi connectivity index (χ4v) is 1.95. The minimum Gasteiger partial charge on any atom is -0.298 e. The molecule has 0 bridgehead atoms. The molecule has 1 aromatic heterocycles. The maximum atomic E-state index is 10.9. The van der Waals surface area contributed by atoms with Crippen LogP contribution >= 0.6 is 0 Å². The zero-order chi connectivity index (χ0) is 11.7. The molecule has 1 heterocycles. The number of carbonyl (C=O) groups is 1. The maximum absolute atomic E-state index is 10.9. The van der Waals surface area contributed by atoms with Crippen molar-refractivity contribution in [3.05, 3.63) is 41.1 Å². The molecule has 82 valence electrons. The Kier molecular flexibility index (Phi) is 2.60. The third kappa shape index (κ3) is 1.65. The van der Waals surface area contributed by atoms with Gasteiger partial charge in [-0.05, 0) is 19.4 Å². The summed E-state index contributed by atoms with van der Waals surface area (Å²) in [5, 5.41) is 4.11. The average molecular weight is 214 g/mol. The molecular formula is C13H14N2O. The maximum Gasteiger partial charge on any atom is 0.153 e. The quantitative estimate of drug-likeness (QED) is 0.720. The van der Waals surface area contributed by atoms with E-state index >= 15 is 0 Å². The summed E-state index contributed by atoms with van der Waals surface area (Å²) >= 11 is 0. The van der Waals surface area contributed by atoms with Crippen molar-refractivity contribution in [1.82, 2.24) is 9.78 Å². The molecule has 0 spiro atoms. The first-order chi connectivity index (χ1) is 7.63. The molecule has 0 N–H and O–H groups in total. The van der Waals surface area contributed by atoms with E-state index < -0.39 is 0 Å². The Balaban J connectivity index is 2.66. The van der Waals surface area contributed by atoms with Gasteiger partial charge in [-0.15, -0.1) is 0 Å². The zero-order valence-corrected chi connectivity index (χ0v) is 9.69. The molecule has 2 rings (SSSR count). The van der Waals surface area contributed by atoms with Crippen molar-refractivity contribution in [2.24, 2.45) is 7.05 Å². The highest BCUT2D eigenvalue weighted by Gasteiger charge is 2.12. The Bertz CT molecular complexity index is 541. The van der Waals surface area contributed by atoms with Gasteiger partial charge < -0.3 is 0 Å². The van der Waals surface area contributed by atoms with Crippen LogP contribution in [0, 0.1) is 13.8 Å². The Morgan fingerprint density at radius 1 is 1.31 bits per heavy atom. The highest BCUT2D eigenvalue weighted by molar-refractivity contribution is 5.86. The van der Waals surface area contributed by atoms with E-state index in [1.54, 1.807) is 10.9 Å². The highest BCUT2D eigenvalue weighted by atomic mass is 16.1. The van der Waals surface area contributed by atoms with Crippen LogP contribution < -0.4 is 0 Å². The molecule has 2 aromatic rings. The Morgan fingerprint density at radius 3 is 2.69 bits per heavy atom. The van der Waals surface area contributed by atoms with Gasteiger partial charge in [0.1, 0.15) is 0 Å². The predicted octanol–water partition coefficient (Wildman–Crippen LogP) is 2.52. The number of aromatic nitrogens is 2. The van der Waals surface area contributed by atoms with Crippen molar-refractivity contribution < 1.29 is 4.79 Å². The lowest BCUT2D eigenvalue weighted by Gasteiger charge is -2.08. The number of hydrogen-bond acceptors (Lipinski definition) is 2. The molecule has 0 radical (unpaired) electrons. The first-order valence-corrected chi connectivity index (χ1v) is 5.18. The molecular weight excluding hydrogens is 200 g/mol. The van der Waals surface area contributed by atoms with Gasteiger partial charge in [-0.3, -0.25) is 9.48 Å². The molecule has 0 aliphatic rings. The van der Waals surface area contributed by atoms with Gasteiger partial charge in [0.25, 0.3) is 0 Å². The molecule has 1 aromatic carbocycles. The van der Waals surface area contributed by atoms with Gasteiger partial charge in [-0.1, -0.05) is 23.8 Å². The van der Waals surface area contributed by atoms with E-state index in [1.165, 1.54) is 5.56 Å². The molecule has 0 saturated heterocycles. The number of aryl methyl sites for hydroxylation is 3. The molecule has 16 heavy (non-hydrogen) atoms. The van der Waals surface area contributed by atoms with Crippen LogP contribution in [0.15, 0.2) is 24.4 Å². The van der Waals surface area contributed by atoms with Crippen LogP contribution in [0.1, 0.15) is 21.5 Å². The van der Waals surface area contributed by atoms with E-state index in [2.05, 4.69) is 18.1 Å². The Labute approximate surface area is 94.7 Å². The van der Waals surface area contributed by atoms with Crippen molar-refractivity contribution >= 4 is 6.29 Å². The summed E-state index contributed by atoms with van der Waals surface area (Å²) in [6, 6.07) is 6.19. The fraction of sp³-hybridized carbons (Fsp3) is 0.231. The number of nitrogens with zero attached hydrogens (tertiary/aromatic N) is 2. The first kappa shape index (κ1) is 10.6. The van der Waals surface area contributed by atoms with E-state index in [1.807, 2.05) is 26.1 Å². The van der Waals surface area contributed by atoms with Crippen LogP contribution in [0.4, 0.5) is 0 Å². The SMILES string of the molecule is Cc1ccc(-c2c(C=O)cnn2C)c(C)c1. The lowest BCUT2D eigenvalue weighted by atomic mass is 10.0. The molecule has 3 heteroatoms. The minimum atomic E-state index is 0.634. The van der Waals surface area contributed by atoms with Gasteiger partial charge >= 0.3 is 0 Å². The molecule has 0 aliphatic carbocycles. The number of carbonyl (C=O) groups excluding carboxylic acids is 1. The van der Waals surface area contributed by atoms with Crippen LogP contribution in [-0.2, 0) is 7.05 Å². The van der Waals surface area contributed by atoms with Gasteiger partial charge in [0.15, 0.2) is 6.29 Å². The lowest BCUT2D eigenvalue weighted by Crippen LogP contribution is -1.97. The van der Waals surface area contributed by atoms with Crippen LogP contribution in [0.5, 0.6) is 0 Å². The summed E-state index contributed by atoms with van der Waals surface area (Å²) in [6.45, 7) is 4.10. The Hall–Kier alpha value is -1.90. The van der Waals surface area contributed by atoms with E-state index in [0.717, 1.165) is 23.1 Å². The molecule has 3 nitrogen and oxygen atoms in total. The third-order valence-electron chi connectivity index (χ3n) is 2.73. The molecule has 0 unspecified atom stereocenters. The van der Waals surface area contributed by atoms with Crippen LogP contribution in [0.25, 0.3) is 11.3 Å². The molecule has 0 aliphatic heterocycles. The molecule has 0 saturated carbocycles. The normalized spacial score (nSPS) is 10.4. The van der Waals surface area contributed by atoms with E-state index in [4.69, 9.17) is 0 Å². The van der Waals surface area contributed by atoms with E-state index in [0.29, 0.717) is 5.56 Å². The van der Waals surface area contributed by atoms with Gasteiger partial charge in [0.2, 0.25) is 0 Å². The van der Waals surface area contributed by atoms with Gasteiger partial charge in [-0.25, -0.2) is 0 Å². The van der Waals surface area contributed by atoms with Crippen molar-refractivity contribution in [1.29, 1.82) is 0 Å². The van der Waals surface area contributed by atoms with Crippen LogP contribution in [0.2, 0.25) is 0 Å². The molecule has 0 fully saturated rings. The summed E-state index contributed by atoms with van der Waals surface area (Å²) in [5.41, 5.74) is 4.96. The van der Waals surface area contributed by atoms with Crippen LogP contribution in [0.3, 0.4) is 0 Å². The Morgan fingerprint density at radius 2 is 2.06 bits per heavy atom. The monoisotopic (exact) mass is 214 g/mol. The summed E-state index contributed by atoms with van der Waals surface area (Å²) in [6.07, 6.45) is 2.45. The average Bonchev–Trinajstić information content (AvgIpc) is 2.60. The summed E-state index contributed by atoms with van der Waals surface area (Å²) < 4.78 is 1.74. The minimum absolute atomic E-state index is 0.634. The van der Waals surface area contributed by atoms with Crippen LogP contribution in [-0.4, -0.2) is 16.1 Å². The van der Waals surface area contributed by atoms with Crippen molar-refractivity contribution in [3.8, 4) is 11.3 Å². The van der Waals surface area contributed by atoms with Gasteiger partial charge in [0, 0.05) is 12.6 Å². The molecule has 0 atom stereocenters. The number of benzene rings is 1. The second-order valence-corrected chi connectivity index (χ2v) is 4.01. The summed E-state index contributed by atoms with van der Waals surface area (Å²) in [5.74, 6) is 0. The van der Waals surface area contributed by atoms with Crippen molar-refractivity contribution in [2.75, 3.05) is 0 Å². The topological polar surface area (TPSA) is 34.9 Å². The van der Waals surface area contributed by atoms with Crippen molar-refractivity contribution in [3.63, 3.8) is 0 Å². The smallest absolute Gasteiger partial charge is 0.153 e. The lowest BCUT2D eigenvalue weighted by molar-refractivity contribution is 0.112.